The molecule has 2 aromatic heterocycles. The molecule has 110 valence electrons. The van der Waals surface area contributed by atoms with Gasteiger partial charge in [-0.2, -0.15) is 0 Å². The number of rotatable bonds is 2. The summed E-state index contributed by atoms with van der Waals surface area (Å²) in [7, 11) is 0. The Morgan fingerprint density at radius 3 is 3.05 bits per heavy atom. The molecular weight excluding hydrogens is 264 g/mol. The van der Waals surface area contributed by atoms with Gasteiger partial charge in [-0.15, -0.1) is 0 Å². The van der Waals surface area contributed by atoms with E-state index in [0.717, 1.165) is 56.7 Å². The Labute approximate surface area is 124 Å². The predicted octanol–water partition coefficient (Wildman–Crippen LogP) is 1.58. The Kier molecular flexibility index (Phi) is 2.96. The van der Waals surface area contributed by atoms with E-state index in [1.165, 1.54) is 0 Å². The molecular formula is C16H20N4O. The molecule has 0 aromatic carbocycles. The lowest BCUT2D eigenvalue weighted by atomic mass is 9.86. The van der Waals surface area contributed by atoms with Gasteiger partial charge in [0.05, 0.1) is 5.69 Å². The minimum absolute atomic E-state index is 0.218. The molecule has 2 aromatic rings. The highest BCUT2D eigenvalue weighted by molar-refractivity contribution is 5.87. The number of nitrogens with one attached hydrogen (secondary N) is 1. The number of aromatic nitrogens is 2. The van der Waals surface area contributed by atoms with Crippen LogP contribution in [0.1, 0.15) is 31.4 Å². The molecule has 2 fully saturated rings. The number of carbonyl (C=O) groups excluding carboxylic acids is 1. The third kappa shape index (κ3) is 2.03. The summed E-state index contributed by atoms with van der Waals surface area (Å²) in [5, 5.41) is 3.05. The van der Waals surface area contributed by atoms with Crippen molar-refractivity contribution in [3.8, 4) is 0 Å². The van der Waals surface area contributed by atoms with Crippen molar-refractivity contribution in [3.05, 3.63) is 36.3 Å². The van der Waals surface area contributed by atoms with Crippen LogP contribution in [-0.4, -0.2) is 38.8 Å². The number of imidazole rings is 1. The zero-order chi connectivity index (χ0) is 14.3. The molecule has 1 N–H and O–H groups in total. The zero-order valence-corrected chi connectivity index (χ0v) is 12.1. The van der Waals surface area contributed by atoms with Crippen molar-refractivity contribution in [3.63, 3.8) is 0 Å². The number of hydrogen-bond donors (Lipinski definition) is 1. The van der Waals surface area contributed by atoms with Crippen LogP contribution < -0.4 is 5.32 Å². The van der Waals surface area contributed by atoms with Crippen LogP contribution in [-0.2, 0) is 11.3 Å². The molecule has 0 bridgehead atoms. The largest absolute Gasteiger partial charge is 0.354 e. The molecule has 2 aliphatic rings. The van der Waals surface area contributed by atoms with Gasteiger partial charge in [-0.25, -0.2) is 4.98 Å². The lowest BCUT2D eigenvalue weighted by molar-refractivity contribution is -0.134. The lowest BCUT2D eigenvalue weighted by Crippen LogP contribution is -2.58. The van der Waals surface area contributed by atoms with Crippen LogP contribution in [0.15, 0.2) is 30.6 Å². The molecule has 5 nitrogen and oxygen atoms in total. The number of likely N-dealkylation sites (tertiary alicyclic amines) is 1. The van der Waals surface area contributed by atoms with Gasteiger partial charge >= 0.3 is 0 Å². The highest BCUT2D eigenvalue weighted by Gasteiger charge is 2.48. The van der Waals surface area contributed by atoms with E-state index >= 15 is 0 Å². The van der Waals surface area contributed by atoms with Crippen molar-refractivity contribution in [2.45, 2.75) is 37.8 Å². The number of piperidine rings is 1. The quantitative estimate of drug-likeness (QED) is 0.911. The molecule has 1 atom stereocenters. The summed E-state index contributed by atoms with van der Waals surface area (Å²) in [6, 6.07) is 6.01. The Morgan fingerprint density at radius 1 is 1.29 bits per heavy atom. The first kappa shape index (κ1) is 12.8. The number of amides is 1. The van der Waals surface area contributed by atoms with Gasteiger partial charge in [0.2, 0.25) is 5.91 Å². The normalized spacial score (nSPS) is 26.6. The van der Waals surface area contributed by atoms with Gasteiger partial charge in [-0.1, -0.05) is 6.07 Å². The van der Waals surface area contributed by atoms with Gasteiger partial charge < -0.3 is 9.72 Å². The monoisotopic (exact) mass is 284 g/mol. The molecule has 0 aliphatic carbocycles. The average molecular weight is 284 g/mol. The summed E-state index contributed by atoms with van der Waals surface area (Å²) in [6.45, 7) is 2.57. The van der Waals surface area contributed by atoms with Crippen molar-refractivity contribution in [2.24, 2.45) is 0 Å². The Morgan fingerprint density at radius 2 is 2.19 bits per heavy atom. The van der Waals surface area contributed by atoms with Gasteiger partial charge in [0.15, 0.2) is 0 Å². The Balaban J connectivity index is 1.62. The van der Waals surface area contributed by atoms with E-state index in [2.05, 4.69) is 21.4 Å². The number of nitrogens with zero attached hydrogens (tertiary/aromatic N) is 3. The van der Waals surface area contributed by atoms with E-state index < -0.39 is 0 Å². The molecule has 5 heteroatoms. The summed E-state index contributed by atoms with van der Waals surface area (Å²) < 4.78 is 2.04. The average Bonchev–Trinajstić information content (AvgIpc) is 3.07. The Bertz CT molecular complexity index is 647. The second kappa shape index (κ2) is 4.84. The van der Waals surface area contributed by atoms with Crippen LogP contribution in [0.5, 0.6) is 0 Å². The van der Waals surface area contributed by atoms with E-state index in [0.29, 0.717) is 0 Å². The van der Waals surface area contributed by atoms with Gasteiger partial charge in [0, 0.05) is 25.5 Å². The second-order valence-electron chi connectivity index (χ2n) is 6.11. The maximum atomic E-state index is 12.4. The molecule has 1 unspecified atom stereocenters. The van der Waals surface area contributed by atoms with E-state index in [9.17, 15) is 4.79 Å². The topological polar surface area (TPSA) is 49.6 Å². The maximum absolute atomic E-state index is 12.4. The van der Waals surface area contributed by atoms with E-state index in [-0.39, 0.29) is 11.4 Å². The van der Waals surface area contributed by atoms with Crippen molar-refractivity contribution >= 4 is 11.6 Å². The fourth-order valence-electron chi connectivity index (χ4n) is 3.82. The summed E-state index contributed by atoms with van der Waals surface area (Å²) in [5.74, 6) is 0.218. The fraction of sp³-hybridized carbons (Fsp3) is 0.500. The van der Waals surface area contributed by atoms with Crippen molar-refractivity contribution in [1.82, 2.24) is 19.6 Å². The predicted molar refractivity (Wildman–Crippen MR) is 79.8 cm³/mol. The Hall–Kier alpha value is -1.88. The summed E-state index contributed by atoms with van der Waals surface area (Å²) in [5.41, 5.74) is 1.73. The molecule has 21 heavy (non-hydrogen) atoms. The lowest BCUT2D eigenvalue weighted by Gasteiger charge is -2.39. The molecule has 0 saturated carbocycles. The minimum Gasteiger partial charge on any atom is -0.354 e. The fourth-order valence-corrected chi connectivity index (χ4v) is 3.82. The van der Waals surface area contributed by atoms with E-state index in [1.54, 1.807) is 0 Å². The van der Waals surface area contributed by atoms with E-state index in [1.807, 2.05) is 28.8 Å². The summed E-state index contributed by atoms with van der Waals surface area (Å²) in [4.78, 5) is 19.4. The zero-order valence-electron chi connectivity index (χ0n) is 12.1. The van der Waals surface area contributed by atoms with Crippen molar-refractivity contribution < 1.29 is 4.79 Å². The summed E-state index contributed by atoms with van der Waals surface area (Å²) in [6.07, 6.45) is 8.22. The number of fused-ring (bicyclic) bond motifs is 1. The highest BCUT2D eigenvalue weighted by atomic mass is 16.2. The minimum atomic E-state index is -0.284. The SMILES string of the molecule is O=C1NCCCC12CCCN2Cc1cn2ccccc2n1. The molecule has 0 radical (unpaired) electrons. The smallest absolute Gasteiger partial charge is 0.240 e. The third-order valence-corrected chi connectivity index (χ3v) is 4.87. The van der Waals surface area contributed by atoms with Crippen LogP contribution in [0, 0.1) is 0 Å². The molecule has 2 aliphatic heterocycles. The number of hydrogen-bond acceptors (Lipinski definition) is 3. The number of pyridine rings is 1. The van der Waals surface area contributed by atoms with Gasteiger partial charge in [-0.05, 0) is 44.4 Å². The second-order valence-corrected chi connectivity index (χ2v) is 6.11. The van der Waals surface area contributed by atoms with Gasteiger partial charge in [-0.3, -0.25) is 9.69 Å². The molecule has 1 amide bonds. The van der Waals surface area contributed by atoms with E-state index in [4.69, 9.17) is 0 Å². The molecule has 2 saturated heterocycles. The molecule has 1 spiro atoms. The summed E-state index contributed by atoms with van der Waals surface area (Å²) >= 11 is 0. The van der Waals surface area contributed by atoms with Crippen LogP contribution in [0.4, 0.5) is 0 Å². The van der Waals surface area contributed by atoms with Crippen LogP contribution in [0.25, 0.3) is 5.65 Å². The van der Waals surface area contributed by atoms with Crippen molar-refractivity contribution in [1.29, 1.82) is 0 Å². The highest BCUT2D eigenvalue weighted by Crippen LogP contribution is 2.36. The van der Waals surface area contributed by atoms with Crippen LogP contribution >= 0.6 is 0 Å². The first-order valence-corrected chi connectivity index (χ1v) is 7.74. The van der Waals surface area contributed by atoms with Crippen LogP contribution in [0.3, 0.4) is 0 Å². The maximum Gasteiger partial charge on any atom is 0.240 e. The number of carbonyl (C=O) groups is 1. The standard InChI is InChI=1S/C16H20N4O/c21-15-16(6-3-8-17-15)7-4-10-20(16)12-13-11-19-9-2-1-5-14(19)18-13/h1-2,5,9,11H,3-4,6-8,10,12H2,(H,17,21). The molecule has 4 rings (SSSR count). The molecule has 4 heterocycles. The first-order chi connectivity index (χ1) is 10.3. The third-order valence-electron chi connectivity index (χ3n) is 4.87. The van der Waals surface area contributed by atoms with Crippen molar-refractivity contribution in [2.75, 3.05) is 13.1 Å². The van der Waals surface area contributed by atoms with Crippen LogP contribution in [0.2, 0.25) is 0 Å². The first-order valence-electron chi connectivity index (χ1n) is 7.74. The van der Waals surface area contributed by atoms with Gasteiger partial charge in [0.25, 0.3) is 0 Å². The van der Waals surface area contributed by atoms with Gasteiger partial charge in [0.1, 0.15) is 11.2 Å².